The van der Waals surface area contributed by atoms with E-state index >= 15 is 0 Å². The predicted molar refractivity (Wildman–Crippen MR) is 74.0 cm³/mol. The van der Waals surface area contributed by atoms with Crippen LogP contribution in [-0.2, 0) is 4.79 Å². The number of hydrogen-bond donors (Lipinski definition) is 2. The van der Waals surface area contributed by atoms with E-state index in [-0.39, 0.29) is 18.1 Å². The average molecular weight is 270 g/mol. The maximum absolute atomic E-state index is 12.2. The van der Waals surface area contributed by atoms with Gasteiger partial charge in [-0.15, -0.1) is 0 Å². The van der Waals surface area contributed by atoms with Crippen molar-refractivity contribution in [1.29, 1.82) is 0 Å². The minimum atomic E-state index is -0.365. The van der Waals surface area contributed by atoms with Crippen molar-refractivity contribution >= 4 is 5.91 Å². The van der Waals surface area contributed by atoms with E-state index in [1.807, 2.05) is 4.90 Å². The van der Waals surface area contributed by atoms with E-state index in [1.54, 1.807) is 0 Å². The Morgan fingerprint density at radius 2 is 2.00 bits per heavy atom. The van der Waals surface area contributed by atoms with Crippen LogP contribution in [0, 0.1) is 0 Å². The van der Waals surface area contributed by atoms with Crippen LogP contribution >= 0.6 is 0 Å². The molecule has 110 valence electrons. The normalized spacial score (nSPS) is 29.2. The Kier molecular flexibility index (Phi) is 5.15. The summed E-state index contributed by atoms with van der Waals surface area (Å²) in [7, 11) is 4.16. The number of carbonyl (C=O) groups excluding carboxylic acids is 1. The molecule has 2 aliphatic heterocycles. The Hall–Kier alpha value is -0.690. The molecule has 2 aliphatic rings. The first kappa shape index (κ1) is 14.7. The van der Waals surface area contributed by atoms with E-state index in [4.69, 9.17) is 0 Å². The number of aliphatic hydroxyl groups excluding tert-OH is 1. The number of likely N-dealkylation sites (N-methyl/N-ethyl adjacent to an activating group) is 1. The quantitative estimate of drug-likeness (QED) is 0.645. The second-order valence-corrected chi connectivity index (χ2v) is 5.82. The molecular weight excluding hydrogens is 244 g/mol. The first-order chi connectivity index (χ1) is 9.06. The van der Waals surface area contributed by atoms with Crippen molar-refractivity contribution in [2.75, 3.05) is 59.9 Å². The first-order valence-electron chi connectivity index (χ1n) is 7.13. The number of hydrogen-bond acceptors (Lipinski definition) is 5. The molecule has 2 N–H and O–H groups in total. The van der Waals surface area contributed by atoms with Gasteiger partial charge in [0.2, 0.25) is 5.91 Å². The number of carbonyl (C=O) groups is 1. The molecule has 0 aromatic rings. The molecule has 2 fully saturated rings. The van der Waals surface area contributed by atoms with Crippen LogP contribution in [0.4, 0.5) is 0 Å². The third-order valence-electron chi connectivity index (χ3n) is 3.95. The van der Waals surface area contributed by atoms with Gasteiger partial charge in [0.1, 0.15) is 0 Å². The Labute approximate surface area is 115 Å². The zero-order valence-corrected chi connectivity index (χ0v) is 12.0. The van der Waals surface area contributed by atoms with E-state index in [1.165, 1.54) is 0 Å². The van der Waals surface area contributed by atoms with Crippen LogP contribution in [0.2, 0.25) is 0 Å². The number of rotatable bonds is 4. The number of aliphatic hydroxyl groups is 1. The third kappa shape index (κ3) is 4.14. The highest BCUT2D eigenvalue weighted by atomic mass is 16.3. The van der Waals surface area contributed by atoms with Crippen molar-refractivity contribution in [3.63, 3.8) is 0 Å². The van der Waals surface area contributed by atoms with Crippen molar-refractivity contribution in [3.8, 4) is 0 Å². The minimum absolute atomic E-state index is 0.156. The van der Waals surface area contributed by atoms with E-state index in [0.29, 0.717) is 13.0 Å². The smallest absolute Gasteiger partial charge is 0.239 e. The van der Waals surface area contributed by atoms with Gasteiger partial charge >= 0.3 is 0 Å². The second kappa shape index (κ2) is 6.65. The van der Waals surface area contributed by atoms with Gasteiger partial charge in [0.05, 0.1) is 12.1 Å². The van der Waals surface area contributed by atoms with Gasteiger partial charge in [0, 0.05) is 45.8 Å². The van der Waals surface area contributed by atoms with Crippen LogP contribution in [0.3, 0.4) is 0 Å². The number of nitrogens with one attached hydrogen (secondary N) is 1. The molecule has 0 saturated carbocycles. The van der Waals surface area contributed by atoms with Crippen LogP contribution in [0.1, 0.15) is 6.42 Å². The van der Waals surface area contributed by atoms with E-state index in [9.17, 15) is 9.90 Å². The number of piperazine rings is 1. The molecule has 1 amide bonds. The van der Waals surface area contributed by atoms with Crippen LogP contribution < -0.4 is 5.32 Å². The lowest BCUT2D eigenvalue weighted by atomic mass is 10.1. The summed E-state index contributed by atoms with van der Waals surface area (Å²) in [6, 6.07) is -0.177. The van der Waals surface area contributed by atoms with Crippen molar-refractivity contribution < 1.29 is 9.90 Å². The molecule has 0 spiro atoms. The summed E-state index contributed by atoms with van der Waals surface area (Å²) < 4.78 is 0. The van der Waals surface area contributed by atoms with Crippen molar-refractivity contribution in [2.45, 2.75) is 18.6 Å². The summed E-state index contributed by atoms with van der Waals surface area (Å²) in [5.41, 5.74) is 0. The van der Waals surface area contributed by atoms with Crippen LogP contribution in [-0.4, -0.2) is 97.8 Å². The average Bonchev–Trinajstić information content (AvgIpc) is 2.83. The summed E-state index contributed by atoms with van der Waals surface area (Å²) >= 11 is 0. The van der Waals surface area contributed by atoms with Gasteiger partial charge in [-0.2, -0.15) is 0 Å². The molecule has 6 heteroatoms. The molecule has 2 atom stereocenters. The summed E-state index contributed by atoms with van der Waals surface area (Å²) in [4.78, 5) is 18.8. The lowest BCUT2D eigenvalue weighted by Crippen LogP contribution is -2.53. The van der Waals surface area contributed by atoms with E-state index in [0.717, 1.165) is 39.3 Å². The summed E-state index contributed by atoms with van der Waals surface area (Å²) in [6.07, 6.45) is 0.190. The van der Waals surface area contributed by atoms with E-state index < -0.39 is 0 Å². The predicted octanol–water partition coefficient (Wildman–Crippen LogP) is -1.58. The van der Waals surface area contributed by atoms with Crippen LogP contribution in [0.15, 0.2) is 0 Å². The highest BCUT2D eigenvalue weighted by Crippen LogP contribution is 2.11. The fourth-order valence-corrected chi connectivity index (χ4v) is 2.66. The molecule has 0 bridgehead atoms. The SMILES string of the molecule is CN(C)CCN1CCN(C(=O)C2CC(O)CN2)CC1. The summed E-state index contributed by atoms with van der Waals surface area (Å²) in [6.45, 7) is 6.18. The number of nitrogens with zero attached hydrogens (tertiary/aromatic N) is 3. The highest BCUT2D eigenvalue weighted by Gasteiger charge is 2.32. The van der Waals surface area contributed by atoms with Crippen molar-refractivity contribution in [3.05, 3.63) is 0 Å². The van der Waals surface area contributed by atoms with Crippen LogP contribution in [0.25, 0.3) is 0 Å². The fraction of sp³-hybridized carbons (Fsp3) is 0.923. The van der Waals surface area contributed by atoms with Gasteiger partial charge in [0.25, 0.3) is 0 Å². The topological polar surface area (TPSA) is 59.0 Å². The molecule has 2 unspecified atom stereocenters. The van der Waals surface area contributed by atoms with Gasteiger partial charge < -0.3 is 20.2 Å². The van der Waals surface area contributed by atoms with Gasteiger partial charge in [-0.05, 0) is 20.5 Å². The lowest BCUT2D eigenvalue weighted by Gasteiger charge is -2.36. The molecule has 0 aromatic heterocycles. The molecule has 0 aromatic carbocycles. The third-order valence-corrected chi connectivity index (χ3v) is 3.95. The van der Waals surface area contributed by atoms with Gasteiger partial charge in [0.15, 0.2) is 0 Å². The molecule has 19 heavy (non-hydrogen) atoms. The van der Waals surface area contributed by atoms with E-state index in [2.05, 4.69) is 29.2 Å². The molecule has 0 aliphatic carbocycles. The summed E-state index contributed by atoms with van der Waals surface area (Å²) in [5, 5.41) is 12.6. The molecule has 0 radical (unpaired) electrons. The van der Waals surface area contributed by atoms with Gasteiger partial charge in [-0.3, -0.25) is 9.69 Å². The lowest BCUT2D eigenvalue weighted by molar-refractivity contribution is -0.135. The Bertz CT molecular complexity index is 303. The van der Waals surface area contributed by atoms with Crippen molar-refractivity contribution in [1.82, 2.24) is 20.0 Å². The molecule has 2 saturated heterocycles. The van der Waals surface area contributed by atoms with Gasteiger partial charge in [-0.25, -0.2) is 0 Å². The Balaban J connectivity index is 1.72. The van der Waals surface area contributed by atoms with Crippen LogP contribution in [0.5, 0.6) is 0 Å². The van der Waals surface area contributed by atoms with Gasteiger partial charge in [-0.1, -0.05) is 0 Å². The minimum Gasteiger partial charge on any atom is -0.392 e. The maximum atomic E-state index is 12.2. The zero-order chi connectivity index (χ0) is 13.8. The zero-order valence-electron chi connectivity index (χ0n) is 12.0. The second-order valence-electron chi connectivity index (χ2n) is 5.82. The molecule has 2 heterocycles. The Morgan fingerprint density at radius 3 is 2.53 bits per heavy atom. The summed E-state index contributed by atoms with van der Waals surface area (Å²) in [5.74, 6) is 0.156. The molecular formula is C13H26N4O2. The van der Waals surface area contributed by atoms with Crippen molar-refractivity contribution in [2.24, 2.45) is 0 Å². The maximum Gasteiger partial charge on any atom is 0.239 e. The first-order valence-corrected chi connectivity index (χ1v) is 7.13. The standard InChI is InChI=1S/C13H26N4O2/c1-15(2)3-4-16-5-7-17(8-6-16)13(19)12-9-11(18)10-14-12/h11-12,14,18H,3-10H2,1-2H3. The molecule has 6 nitrogen and oxygen atoms in total. The number of β-amino-alcohol motifs (C(OH)–C–C–N with tert-alkyl or cyclic N) is 1. The molecule has 2 rings (SSSR count). The fourth-order valence-electron chi connectivity index (χ4n) is 2.66. The monoisotopic (exact) mass is 270 g/mol. The number of amides is 1. The Morgan fingerprint density at radius 1 is 1.32 bits per heavy atom. The largest absolute Gasteiger partial charge is 0.392 e. The highest BCUT2D eigenvalue weighted by molar-refractivity contribution is 5.82.